The molecule has 8 nitrogen and oxygen atoms in total. The van der Waals surface area contributed by atoms with Gasteiger partial charge in [0.05, 0.1) is 16.5 Å². The molecule has 1 aliphatic heterocycles. The van der Waals surface area contributed by atoms with Crippen molar-refractivity contribution >= 4 is 22.7 Å². The Bertz CT molecular complexity index is 1240. The van der Waals surface area contributed by atoms with Gasteiger partial charge in [-0.1, -0.05) is 12.1 Å². The molecule has 2 amide bonds. The molecular formula is C23H23FN4O4. The molecule has 0 atom stereocenters. The van der Waals surface area contributed by atoms with Crippen LogP contribution in [0.2, 0.25) is 0 Å². The van der Waals surface area contributed by atoms with E-state index in [0.717, 1.165) is 5.56 Å². The number of hydrogen-bond acceptors (Lipinski definition) is 5. The molecule has 5 rings (SSSR count). The van der Waals surface area contributed by atoms with Crippen LogP contribution in [-0.4, -0.2) is 73.4 Å². The molecule has 32 heavy (non-hydrogen) atoms. The van der Waals surface area contributed by atoms with Crippen molar-refractivity contribution in [3.63, 3.8) is 0 Å². The van der Waals surface area contributed by atoms with Crippen molar-refractivity contribution in [2.24, 2.45) is 7.05 Å². The number of aromatic nitrogens is 2. The predicted octanol–water partition coefficient (Wildman–Crippen LogP) is 1.89. The lowest BCUT2D eigenvalue weighted by atomic mass is 10.0. The summed E-state index contributed by atoms with van der Waals surface area (Å²) in [4.78, 5) is 28.2. The summed E-state index contributed by atoms with van der Waals surface area (Å²) in [6.45, 7) is 1.24. The van der Waals surface area contributed by atoms with Gasteiger partial charge < -0.3 is 20.0 Å². The van der Waals surface area contributed by atoms with E-state index in [1.54, 1.807) is 34.8 Å². The minimum atomic E-state index is -1.22. The summed E-state index contributed by atoms with van der Waals surface area (Å²) in [7, 11) is 1.71. The van der Waals surface area contributed by atoms with Gasteiger partial charge in [0.15, 0.2) is 0 Å². The van der Waals surface area contributed by atoms with Crippen LogP contribution < -0.4 is 0 Å². The average molecular weight is 438 g/mol. The number of aliphatic hydroxyl groups is 1. The molecule has 1 aliphatic carbocycles. The number of nitrogens with zero attached hydrogens (tertiary/aromatic N) is 4. The third-order valence-electron chi connectivity index (χ3n) is 6.34. The highest BCUT2D eigenvalue weighted by Gasteiger charge is 2.50. The number of carbonyl (C=O) groups excluding carboxylic acids is 2. The first-order chi connectivity index (χ1) is 15.3. The maximum atomic E-state index is 14.9. The fraction of sp³-hybridized carbons (Fsp3) is 0.348. The van der Waals surface area contributed by atoms with Crippen LogP contribution in [0.25, 0.3) is 22.0 Å². The van der Waals surface area contributed by atoms with Gasteiger partial charge in [0, 0.05) is 33.2 Å². The fourth-order valence-electron chi connectivity index (χ4n) is 4.20. The van der Waals surface area contributed by atoms with Crippen molar-refractivity contribution in [2.45, 2.75) is 18.4 Å². The summed E-state index contributed by atoms with van der Waals surface area (Å²) >= 11 is 0. The normalized spacial score (nSPS) is 17.6. The summed E-state index contributed by atoms with van der Waals surface area (Å²) in [6.07, 6.45) is 0.967. The van der Waals surface area contributed by atoms with Gasteiger partial charge in [0.2, 0.25) is 5.88 Å². The van der Waals surface area contributed by atoms with E-state index < -0.39 is 17.3 Å². The van der Waals surface area contributed by atoms with Crippen molar-refractivity contribution < 1.29 is 24.2 Å². The van der Waals surface area contributed by atoms with E-state index >= 15 is 0 Å². The van der Waals surface area contributed by atoms with Crippen molar-refractivity contribution in [3.8, 4) is 17.0 Å². The molecule has 0 unspecified atom stereocenters. The van der Waals surface area contributed by atoms with Crippen LogP contribution >= 0.6 is 0 Å². The fourth-order valence-corrected chi connectivity index (χ4v) is 4.20. The van der Waals surface area contributed by atoms with Crippen LogP contribution in [0.15, 0.2) is 36.4 Å². The average Bonchev–Trinajstić information content (AvgIpc) is 3.49. The van der Waals surface area contributed by atoms with Crippen LogP contribution in [0.1, 0.15) is 23.2 Å². The van der Waals surface area contributed by atoms with Gasteiger partial charge in [-0.15, -0.1) is 5.10 Å². The molecule has 2 N–H and O–H groups in total. The number of piperazine rings is 1. The van der Waals surface area contributed by atoms with Crippen molar-refractivity contribution in [1.82, 2.24) is 19.6 Å². The van der Waals surface area contributed by atoms with Gasteiger partial charge in [-0.2, -0.15) is 0 Å². The number of halogens is 1. The molecule has 0 spiro atoms. The quantitative estimate of drug-likeness (QED) is 0.651. The lowest BCUT2D eigenvalue weighted by Crippen LogP contribution is -2.53. The third-order valence-corrected chi connectivity index (χ3v) is 6.34. The highest BCUT2D eigenvalue weighted by atomic mass is 19.1. The number of carbonyl (C=O) groups is 2. The minimum Gasteiger partial charge on any atom is -0.492 e. The molecule has 2 aliphatic rings. The monoisotopic (exact) mass is 438 g/mol. The third kappa shape index (κ3) is 3.38. The Hall–Kier alpha value is -3.46. The molecular weight excluding hydrogens is 415 g/mol. The lowest BCUT2D eigenvalue weighted by Gasteiger charge is -2.35. The standard InChI is InChI=1S/C23H23FN4O4/c1-26-19-13-15(3-5-17(19)20(29)25-26)14-2-4-16(18(24)12-14)21(30)27-8-10-28(11-9-27)22(31)23(32)6-7-23/h2-5,12-13,32H,6-11H2,1H3,(H,25,29). The van der Waals surface area contributed by atoms with Gasteiger partial charge in [-0.25, -0.2) is 4.39 Å². The Balaban J connectivity index is 1.32. The second-order valence-corrected chi connectivity index (χ2v) is 8.49. The van der Waals surface area contributed by atoms with E-state index in [1.165, 1.54) is 17.0 Å². The molecule has 9 heteroatoms. The largest absolute Gasteiger partial charge is 0.492 e. The lowest BCUT2D eigenvalue weighted by molar-refractivity contribution is -0.143. The predicted molar refractivity (Wildman–Crippen MR) is 114 cm³/mol. The van der Waals surface area contributed by atoms with E-state index in [1.807, 2.05) is 6.07 Å². The molecule has 166 valence electrons. The maximum Gasteiger partial charge on any atom is 0.256 e. The molecule has 0 bridgehead atoms. The molecule has 1 saturated heterocycles. The van der Waals surface area contributed by atoms with Gasteiger partial charge in [-0.05, 0) is 48.2 Å². The van der Waals surface area contributed by atoms with Crippen LogP contribution in [0.5, 0.6) is 5.88 Å². The summed E-state index contributed by atoms with van der Waals surface area (Å²) in [5, 5.41) is 24.4. The molecule has 1 saturated carbocycles. The summed E-state index contributed by atoms with van der Waals surface area (Å²) in [5.41, 5.74) is 0.821. The smallest absolute Gasteiger partial charge is 0.256 e. The van der Waals surface area contributed by atoms with E-state index in [2.05, 4.69) is 5.10 Å². The number of amides is 2. The molecule has 2 fully saturated rings. The highest BCUT2D eigenvalue weighted by Crippen LogP contribution is 2.37. The Labute approximate surface area is 183 Å². The Morgan fingerprint density at radius 3 is 2.28 bits per heavy atom. The molecule has 0 radical (unpaired) electrons. The summed E-state index contributed by atoms with van der Waals surface area (Å²) in [5.74, 6) is -1.38. The number of fused-ring (bicyclic) bond motifs is 1. The number of rotatable bonds is 3. The summed E-state index contributed by atoms with van der Waals surface area (Å²) < 4.78 is 16.5. The Kier molecular flexibility index (Phi) is 4.67. The van der Waals surface area contributed by atoms with Gasteiger partial charge in [0.25, 0.3) is 11.8 Å². The van der Waals surface area contributed by atoms with Crippen molar-refractivity contribution in [3.05, 3.63) is 47.8 Å². The molecule has 2 aromatic carbocycles. The SMILES string of the molecule is Cn1nc(O)c2ccc(-c3ccc(C(=O)N4CCN(C(=O)C5(O)CC5)CC4)c(F)c3)cc21. The maximum absolute atomic E-state index is 14.9. The second kappa shape index (κ2) is 7.30. The number of hydrogen-bond donors (Lipinski definition) is 2. The van der Waals surface area contributed by atoms with E-state index in [0.29, 0.717) is 55.5 Å². The van der Waals surface area contributed by atoms with Crippen molar-refractivity contribution in [1.29, 1.82) is 0 Å². The summed E-state index contributed by atoms with van der Waals surface area (Å²) in [6, 6.07) is 9.79. The zero-order chi connectivity index (χ0) is 22.6. The van der Waals surface area contributed by atoms with Crippen LogP contribution in [0.3, 0.4) is 0 Å². The zero-order valence-corrected chi connectivity index (χ0v) is 17.6. The van der Waals surface area contributed by atoms with E-state index in [4.69, 9.17) is 0 Å². The van der Waals surface area contributed by atoms with Crippen LogP contribution in [-0.2, 0) is 11.8 Å². The van der Waals surface area contributed by atoms with Gasteiger partial charge >= 0.3 is 0 Å². The first kappa shape index (κ1) is 20.4. The first-order valence-electron chi connectivity index (χ1n) is 10.5. The van der Waals surface area contributed by atoms with Crippen LogP contribution in [0.4, 0.5) is 4.39 Å². The minimum absolute atomic E-state index is 0.0198. The van der Waals surface area contributed by atoms with Crippen molar-refractivity contribution in [2.75, 3.05) is 26.2 Å². The van der Waals surface area contributed by atoms with Gasteiger partial charge in [0.1, 0.15) is 11.4 Å². The topological polar surface area (TPSA) is 98.9 Å². The number of aryl methyl sites for hydroxylation is 1. The first-order valence-corrected chi connectivity index (χ1v) is 10.5. The molecule has 3 aromatic rings. The Morgan fingerprint density at radius 2 is 1.62 bits per heavy atom. The van der Waals surface area contributed by atoms with E-state index in [9.17, 15) is 24.2 Å². The van der Waals surface area contributed by atoms with E-state index in [-0.39, 0.29) is 17.4 Å². The highest BCUT2D eigenvalue weighted by molar-refractivity contribution is 5.96. The molecule has 1 aromatic heterocycles. The molecule has 2 heterocycles. The number of aromatic hydroxyl groups is 1. The van der Waals surface area contributed by atoms with Crippen LogP contribution in [0, 0.1) is 5.82 Å². The number of benzene rings is 2. The zero-order valence-electron chi connectivity index (χ0n) is 17.6. The Morgan fingerprint density at radius 1 is 1.00 bits per heavy atom. The second-order valence-electron chi connectivity index (χ2n) is 8.49. The van der Waals surface area contributed by atoms with Gasteiger partial charge in [-0.3, -0.25) is 14.3 Å².